The lowest BCUT2D eigenvalue weighted by molar-refractivity contribution is 0.0958. The van der Waals surface area contributed by atoms with Crippen molar-refractivity contribution in [2.75, 3.05) is 37.7 Å². The van der Waals surface area contributed by atoms with Crippen LogP contribution in [-0.2, 0) is 10.0 Å². The van der Waals surface area contributed by atoms with Crippen LogP contribution in [0.25, 0.3) is 0 Å². The summed E-state index contributed by atoms with van der Waals surface area (Å²) in [6.45, 7) is 3.02. The Kier molecular flexibility index (Phi) is 10.1. The van der Waals surface area contributed by atoms with Gasteiger partial charge in [-0.3, -0.25) is 9.10 Å². The van der Waals surface area contributed by atoms with Crippen molar-refractivity contribution in [1.29, 1.82) is 5.26 Å². The Morgan fingerprint density at radius 1 is 1.05 bits per heavy atom. The molecule has 0 spiro atoms. The van der Waals surface area contributed by atoms with Crippen LogP contribution in [0, 0.1) is 17.2 Å². The van der Waals surface area contributed by atoms with Crippen LogP contribution in [0.5, 0.6) is 23.0 Å². The van der Waals surface area contributed by atoms with Gasteiger partial charge in [-0.1, -0.05) is 44.2 Å². The molecule has 3 rings (SSSR count). The van der Waals surface area contributed by atoms with Crippen LogP contribution < -0.4 is 23.8 Å². The highest BCUT2D eigenvalue weighted by molar-refractivity contribution is 7.92. The first kappa shape index (κ1) is 29.3. The molecule has 0 heterocycles. The molecule has 2 N–H and O–H groups in total. The number of nitrogens with one attached hydrogen (secondary N) is 1. The van der Waals surface area contributed by atoms with Gasteiger partial charge in [-0.25, -0.2) is 8.42 Å². The summed E-state index contributed by atoms with van der Waals surface area (Å²) >= 11 is 0. The summed E-state index contributed by atoms with van der Waals surface area (Å²) in [5, 5.41) is 20.8. The molecule has 0 unspecified atom stereocenters. The van der Waals surface area contributed by atoms with Gasteiger partial charge in [-0.05, 0) is 42.3 Å². The number of hydrogen-bond donors (Lipinski definition) is 2. The number of hydrogen-bond acceptors (Lipinski definition) is 8. The lowest BCUT2D eigenvalue weighted by Gasteiger charge is -2.29. The molecule has 0 atom stereocenters. The lowest BCUT2D eigenvalue weighted by atomic mass is 10.1. The molecule has 0 radical (unpaired) electrons. The second-order valence-corrected chi connectivity index (χ2v) is 10.6. The second-order valence-electron chi connectivity index (χ2n) is 8.73. The predicted octanol–water partition coefficient (Wildman–Crippen LogP) is 3.96. The van der Waals surface area contributed by atoms with Gasteiger partial charge in [0.25, 0.3) is 15.9 Å². The average Bonchev–Trinajstić information content (AvgIpc) is 2.94. The number of aliphatic hydroxyl groups excluding tert-OH is 1. The maximum Gasteiger partial charge on any atom is 0.264 e. The fourth-order valence-electron chi connectivity index (χ4n) is 3.68. The average molecular weight is 554 g/mol. The highest BCUT2D eigenvalue weighted by Crippen LogP contribution is 2.45. The Hall–Kier alpha value is -4.27. The van der Waals surface area contributed by atoms with E-state index in [1.54, 1.807) is 42.5 Å². The van der Waals surface area contributed by atoms with E-state index in [2.05, 4.69) is 5.32 Å². The van der Waals surface area contributed by atoms with Crippen molar-refractivity contribution in [3.63, 3.8) is 0 Å². The number of aliphatic hydroxyl groups is 1. The van der Waals surface area contributed by atoms with Crippen molar-refractivity contribution in [3.8, 4) is 29.1 Å². The van der Waals surface area contributed by atoms with E-state index in [9.17, 15) is 18.3 Å². The van der Waals surface area contributed by atoms with E-state index in [1.165, 1.54) is 35.7 Å². The van der Waals surface area contributed by atoms with E-state index in [1.807, 2.05) is 19.9 Å². The predicted molar refractivity (Wildman–Crippen MR) is 146 cm³/mol. The van der Waals surface area contributed by atoms with Crippen molar-refractivity contribution in [2.45, 2.75) is 18.7 Å². The third-order valence-corrected chi connectivity index (χ3v) is 7.18. The monoisotopic (exact) mass is 553 g/mol. The largest absolute Gasteiger partial charge is 0.493 e. The first-order chi connectivity index (χ1) is 18.7. The Morgan fingerprint density at radius 2 is 1.72 bits per heavy atom. The smallest absolute Gasteiger partial charge is 0.264 e. The SMILES string of the molecule is COc1ccccc1Oc1c(OCCO)cc(C(=O)NCC#N)cc1N(CC(C)C)S(=O)(=O)c1ccccc1. The van der Waals surface area contributed by atoms with Gasteiger partial charge in [0.15, 0.2) is 23.0 Å². The summed E-state index contributed by atoms with van der Waals surface area (Å²) in [5.74, 6) is -0.0544. The zero-order chi connectivity index (χ0) is 28.4. The molecular formula is C28H31N3O7S. The van der Waals surface area contributed by atoms with Crippen LogP contribution in [-0.4, -0.2) is 52.8 Å². The number of nitriles is 1. The molecule has 0 aliphatic rings. The molecule has 0 aliphatic carbocycles. The number of amides is 1. The van der Waals surface area contributed by atoms with Crippen LogP contribution in [0.1, 0.15) is 24.2 Å². The maximum atomic E-state index is 14.0. The van der Waals surface area contributed by atoms with Crippen molar-refractivity contribution in [2.24, 2.45) is 5.92 Å². The molecule has 0 saturated carbocycles. The Labute approximate surface area is 228 Å². The van der Waals surface area contributed by atoms with Crippen LogP contribution in [0.4, 0.5) is 5.69 Å². The van der Waals surface area contributed by atoms with Gasteiger partial charge in [-0.2, -0.15) is 5.26 Å². The van der Waals surface area contributed by atoms with Gasteiger partial charge in [0.2, 0.25) is 0 Å². The Bertz CT molecular complexity index is 1420. The minimum Gasteiger partial charge on any atom is -0.493 e. The highest BCUT2D eigenvalue weighted by Gasteiger charge is 2.31. The van der Waals surface area contributed by atoms with Crippen molar-refractivity contribution in [3.05, 3.63) is 72.3 Å². The standard InChI is InChI=1S/C28H31N3O7S/c1-20(2)19-31(39(34,35)22-9-5-4-6-10-22)23-17-21(28(33)30-14-13-29)18-26(37-16-15-32)27(23)38-25-12-8-7-11-24(25)36-3/h4-12,17-18,20,32H,14-16,19H2,1-3H3,(H,30,33). The summed E-state index contributed by atoms with van der Waals surface area (Å²) in [5.41, 5.74) is 0.0774. The number of para-hydroxylation sites is 2. The molecule has 1 amide bonds. The van der Waals surface area contributed by atoms with E-state index in [0.717, 1.165) is 0 Å². The summed E-state index contributed by atoms with van der Waals surface area (Å²) in [6.07, 6.45) is 0. The van der Waals surface area contributed by atoms with Gasteiger partial charge in [0.1, 0.15) is 13.2 Å². The lowest BCUT2D eigenvalue weighted by Crippen LogP contribution is -2.35. The molecule has 3 aromatic carbocycles. The number of carbonyl (C=O) groups is 1. The molecule has 0 bridgehead atoms. The number of nitrogens with zero attached hydrogens (tertiary/aromatic N) is 2. The van der Waals surface area contributed by atoms with Crippen LogP contribution in [0.2, 0.25) is 0 Å². The van der Waals surface area contributed by atoms with Gasteiger partial charge < -0.3 is 24.6 Å². The Morgan fingerprint density at radius 3 is 2.33 bits per heavy atom. The van der Waals surface area contributed by atoms with Crippen LogP contribution >= 0.6 is 0 Å². The van der Waals surface area contributed by atoms with Crippen molar-refractivity contribution in [1.82, 2.24) is 5.32 Å². The molecule has 0 saturated heterocycles. The third-order valence-electron chi connectivity index (χ3n) is 5.39. The number of methoxy groups -OCH3 is 1. The van der Waals surface area contributed by atoms with Gasteiger partial charge in [0.05, 0.1) is 30.4 Å². The number of benzene rings is 3. The minimum absolute atomic E-state index is 0.00457. The zero-order valence-corrected chi connectivity index (χ0v) is 22.8. The molecule has 11 heteroatoms. The van der Waals surface area contributed by atoms with E-state index < -0.39 is 15.9 Å². The molecule has 10 nitrogen and oxygen atoms in total. The van der Waals surface area contributed by atoms with E-state index >= 15 is 0 Å². The second kappa shape index (κ2) is 13.5. The minimum atomic E-state index is -4.14. The third kappa shape index (κ3) is 7.19. The van der Waals surface area contributed by atoms with Crippen molar-refractivity contribution < 1.29 is 32.5 Å². The first-order valence-corrected chi connectivity index (χ1v) is 13.6. The maximum absolute atomic E-state index is 14.0. The number of sulfonamides is 1. The summed E-state index contributed by atoms with van der Waals surface area (Å²) in [7, 11) is -2.67. The molecule has 0 fully saturated rings. The molecular weight excluding hydrogens is 522 g/mol. The van der Waals surface area contributed by atoms with Gasteiger partial charge in [-0.15, -0.1) is 0 Å². The molecule has 3 aromatic rings. The summed E-state index contributed by atoms with van der Waals surface area (Å²) in [6, 6.07) is 19.3. The number of rotatable bonds is 13. The van der Waals surface area contributed by atoms with Crippen LogP contribution in [0.15, 0.2) is 71.6 Å². The molecule has 206 valence electrons. The van der Waals surface area contributed by atoms with E-state index in [4.69, 9.17) is 19.5 Å². The number of anilines is 1. The normalized spacial score (nSPS) is 11.0. The quantitative estimate of drug-likeness (QED) is 0.303. The van der Waals surface area contributed by atoms with Crippen LogP contribution in [0.3, 0.4) is 0 Å². The number of ether oxygens (including phenoxy) is 3. The van der Waals surface area contributed by atoms with Crippen molar-refractivity contribution >= 4 is 21.6 Å². The Balaban J connectivity index is 2.34. The van der Waals surface area contributed by atoms with Gasteiger partial charge >= 0.3 is 0 Å². The molecule has 39 heavy (non-hydrogen) atoms. The summed E-state index contributed by atoms with van der Waals surface area (Å²) < 4.78 is 46.6. The van der Waals surface area contributed by atoms with E-state index in [0.29, 0.717) is 5.75 Å². The highest BCUT2D eigenvalue weighted by atomic mass is 32.2. The topological polar surface area (TPSA) is 138 Å². The summed E-state index contributed by atoms with van der Waals surface area (Å²) in [4.78, 5) is 13.0. The van der Waals surface area contributed by atoms with Gasteiger partial charge in [0, 0.05) is 12.1 Å². The number of carbonyl (C=O) groups excluding carboxylic acids is 1. The fraction of sp³-hybridized carbons (Fsp3) is 0.286. The molecule has 0 aromatic heterocycles. The first-order valence-electron chi connectivity index (χ1n) is 12.2. The molecule has 0 aliphatic heterocycles. The van der Waals surface area contributed by atoms with E-state index in [-0.39, 0.29) is 65.6 Å². The zero-order valence-electron chi connectivity index (χ0n) is 22.0. The fourth-order valence-corrected chi connectivity index (χ4v) is 5.33.